The number of nitrogens with one attached hydrogen (secondary N) is 1. The van der Waals surface area contributed by atoms with Crippen LogP contribution in [0.4, 0.5) is 0 Å². The molecule has 19 heavy (non-hydrogen) atoms. The molecule has 2 N–H and O–H groups in total. The number of hydrogen-bond acceptors (Lipinski definition) is 2. The lowest BCUT2D eigenvalue weighted by atomic mass is 10.1. The van der Waals surface area contributed by atoms with Crippen molar-refractivity contribution in [3.8, 4) is 5.75 Å². The van der Waals surface area contributed by atoms with Crippen LogP contribution in [0, 0.1) is 6.92 Å². The molecule has 0 radical (unpaired) electrons. The van der Waals surface area contributed by atoms with Gasteiger partial charge in [-0.2, -0.15) is 0 Å². The van der Waals surface area contributed by atoms with Crippen molar-refractivity contribution < 1.29 is 9.90 Å². The Labute approximate surface area is 120 Å². The van der Waals surface area contributed by atoms with Gasteiger partial charge in [-0.15, -0.1) is 0 Å². The number of carbonyl (C=O) groups is 1. The minimum absolute atomic E-state index is 0.122. The summed E-state index contributed by atoms with van der Waals surface area (Å²) in [7, 11) is 0. The van der Waals surface area contributed by atoms with E-state index < -0.39 is 0 Å². The van der Waals surface area contributed by atoms with Gasteiger partial charge < -0.3 is 10.4 Å². The number of halogens is 1. The van der Waals surface area contributed by atoms with Gasteiger partial charge in [0.2, 0.25) is 0 Å². The standard InChI is InChI=1S/C15H14BrNO2/c1-10-3-2-4-13(14(10)16)15(19)17-9-11-5-7-12(18)8-6-11/h2-8,18H,9H2,1H3,(H,17,19). The Morgan fingerprint density at radius 3 is 2.58 bits per heavy atom. The number of aromatic hydroxyl groups is 1. The highest BCUT2D eigenvalue weighted by molar-refractivity contribution is 9.10. The third-order valence-electron chi connectivity index (χ3n) is 2.83. The lowest BCUT2D eigenvalue weighted by molar-refractivity contribution is 0.0950. The second-order valence-corrected chi connectivity index (χ2v) is 5.08. The zero-order valence-corrected chi connectivity index (χ0v) is 12.1. The van der Waals surface area contributed by atoms with E-state index in [1.807, 2.05) is 19.1 Å². The minimum Gasteiger partial charge on any atom is -0.508 e. The summed E-state index contributed by atoms with van der Waals surface area (Å²) in [4.78, 5) is 12.1. The van der Waals surface area contributed by atoms with Crippen molar-refractivity contribution in [3.05, 3.63) is 63.6 Å². The van der Waals surface area contributed by atoms with Gasteiger partial charge >= 0.3 is 0 Å². The number of phenolic OH excluding ortho intramolecular Hbond substituents is 1. The van der Waals surface area contributed by atoms with E-state index in [1.54, 1.807) is 30.3 Å². The van der Waals surface area contributed by atoms with Gasteiger partial charge in [0.25, 0.3) is 5.91 Å². The molecular weight excluding hydrogens is 306 g/mol. The van der Waals surface area contributed by atoms with Crippen LogP contribution in [0.1, 0.15) is 21.5 Å². The summed E-state index contributed by atoms with van der Waals surface area (Å²) < 4.78 is 0.818. The lowest BCUT2D eigenvalue weighted by Crippen LogP contribution is -2.23. The van der Waals surface area contributed by atoms with Crippen LogP contribution in [0.5, 0.6) is 5.75 Å². The van der Waals surface area contributed by atoms with E-state index in [-0.39, 0.29) is 11.7 Å². The minimum atomic E-state index is -0.122. The van der Waals surface area contributed by atoms with Crippen LogP contribution < -0.4 is 5.32 Å². The van der Waals surface area contributed by atoms with E-state index >= 15 is 0 Å². The zero-order valence-electron chi connectivity index (χ0n) is 10.5. The Bertz CT molecular complexity index is 594. The number of hydrogen-bond donors (Lipinski definition) is 2. The van der Waals surface area contributed by atoms with Gasteiger partial charge in [0, 0.05) is 11.0 Å². The molecule has 0 unspecified atom stereocenters. The summed E-state index contributed by atoms with van der Waals surface area (Å²) >= 11 is 3.42. The zero-order chi connectivity index (χ0) is 13.8. The first-order valence-electron chi connectivity index (χ1n) is 5.89. The second-order valence-electron chi connectivity index (χ2n) is 4.29. The van der Waals surface area contributed by atoms with Crippen molar-refractivity contribution >= 4 is 21.8 Å². The molecule has 0 aromatic heterocycles. The summed E-state index contributed by atoms with van der Waals surface area (Å²) in [5.41, 5.74) is 2.59. The highest BCUT2D eigenvalue weighted by Crippen LogP contribution is 2.21. The fraction of sp³-hybridized carbons (Fsp3) is 0.133. The first kappa shape index (κ1) is 13.6. The number of benzene rings is 2. The average molecular weight is 320 g/mol. The predicted octanol–water partition coefficient (Wildman–Crippen LogP) is 3.39. The summed E-state index contributed by atoms with van der Waals surface area (Å²) in [5.74, 6) is 0.0974. The first-order valence-corrected chi connectivity index (χ1v) is 6.68. The average Bonchev–Trinajstić information content (AvgIpc) is 2.41. The van der Waals surface area contributed by atoms with Gasteiger partial charge in [-0.25, -0.2) is 0 Å². The third kappa shape index (κ3) is 3.35. The SMILES string of the molecule is Cc1cccc(C(=O)NCc2ccc(O)cc2)c1Br. The van der Waals surface area contributed by atoms with Crippen molar-refractivity contribution in [1.82, 2.24) is 5.32 Å². The molecule has 0 heterocycles. The molecule has 0 fully saturated rings. The lowest BCUT2D eigenvalue weighted by Gasteiger charge is -2.08. The number of amides is 1. The van der Waals surface area contributed by atoms with Gasteiger partial charge in [-0.05, 0) is 52.2 Å². The van der Waals surface area contributed by atoms with Crippen LogP contribution in [0.15, 0.2) is 46.9 Å². The Morgan fingerprint density at radius 2 is 1.89 bits per heavy atom. The highest BCUT2D eigenvalue weighted by Gasteiger charge is 2.10. The Hall–Kier alpha value is -1.81. The molecule has 2 aromatic carbocycles. The number of phenols is 1. The van der Waals surface area contributed by atoms with Crippen molar-refractivity contribution in [1.29, 1.82) is 0 Å². The predicted molar refractivity (Wildman–Crippen MR) is 78.2 cm³/mol. The second kappa shape index (κ2) is 5.89. The topological polar surface area (TPSA) is 49.3 Å². The summed E-state index contributed by atoms with van der Waals surface area (Å²) in [5, 5.41) is 12.0. The summed E-state index contributed by atoms with van der Waals surface area (Å²) in [6, 6.07) is 12.3. The molecule has 0 aliphatic carbocycles. The third-order valence-corrected chi connectivity index (χ3v) is 3.88. The molecule has 3 nitrogen and oxygen atoms in total. The smallest absolute Gasteiger partial charge is 0.252 e. The molecule has 0 saturated carbocycles. The van der Waals surface area contributed by atoms with Crippen LogP contribution in [-0.2, 0) is 6.54 Å². The van der Waals surface area contributed by atoms with E-state index in [9.17, 15) is 9.90 Å². The van der Waals surface area contributed by atoms with Crippen molar-refractivity contribution in [2.75, 3.05) is 0 Å². The molecule has 0 aliphatic rings. The Morgan fingerprint density at radius 1 is 1.21 bits per heavy atom. The van der Waals surface area contributed by atoms with E-state index in [4.69, 9.17) is 0 Å². The summed E-state index contributed by atoms with van der Waals surface area (Å²) in [6.45, 7) is 2.38. The molecule has 0 spiro atoms. The number of rotatable bonds is 3. The molecule has 1 amide bonds. The highest BCUT2D eigenvalue weighted by atomic mass is 79.9. The molecule has 0 aliphatic heterocycles. The van der Waals surface area contributed by atoms with Crippen molar-refractivity contribution in [3.63, 3.8) is 0 Å². The monoisotopic (exact) mass is 319 g/mol. The maximum atomic E-state index is 12.1. The molecule has 2 aromatic rings. The maximum absolute atomic E-state index is 12.1. The maximum Gasteiger partial charge on any atom is 0.252 e. The van der Waals surface area contributed by atoms with Crippen LogP contribution >= 0.6 is 15.9 Å². The Balaban J connectivity index is 2.05. The van der Waals surface area contributed by atoms with Crippen LogP contribution in [0.2, 0.25) is 0 Å². The largest absolute Gasteiger partial charge is 0.508 e. The molecule has 4 heteroatoms. The first-order chi connectivity index (χ1) is 9.08. The number of carbonyl (C=O) groups excluding carboxylic acids is 1. The molecular formula is C15H14BrNO2. The van der Waals surface area contributed by atoms with E-state index in [0.29, 0.717) is 12.1 Å². The molecule has 0 atom stereocenters. The van der Waals surface area contributed by atoms with Gasteiger partial charge in [0.15, 0.2) is 0 Å². The fourth-order valence-electron chi connectivity index (χ4n) is 1.71. The Kier molecular flexibility index (Phi) is 4.22. The molecule has 2 rings (SSSR count). The summed E-state index contributed by atoms with van der Waals surface area (Å²) in [6.07, 6.45) is 0. The molecule has 98 valence electrons. The van der Waals surface area contributed by atoms with Gasteiger partial charge in [0.1, 0.15) is 5.75 Å². The van der Waals surface area contributed by atoms with E-state index in [1.165, 1.54) is 0 Å². The molecule has 0 bridgehead atoms. The fourth-order valence-corrected chi connectivity index (χ4v) is 2.16. The molecule has 0 saturated heterocycles. The van der Waals surface area contributed by atoms with Gasteiger partial charge in [-0.3, -0.25) is 4.79 Å². The quantitative estimate of drug-likeness (QED) is 0.911. The van der Waals surface area contributed by atoms with Crippen LogP contribution in [-0.4, -0.2) is 11.0 Å². The number of aryl methyl sites for hydroxylation is 1. The van der Waals surface area contributed by atoms with Crippen molar-refractivity contribution in [2.24, 2.45) is 0 Å². The van der Waals surface area contributed by atoms with Gasteiger partial charge in [0.05, 0.1) is 5.56 Å². The van der Waals surface area contributed by atoms with Crippen LogP contribution in [0.3, 0.4) is 0 Å². The van der Waals surface area contributed by atoms with E-state index in [2.05, 4.69) is 21.2 Å². The van der Waals surface area contributed by atoms with Crippen LogP contribution in [0.25, 0.3) is 0 Å². The normalized spacial score (nSPS) is 10.2. The van der Waals surface area contributed by atoms with Gasteiger partial charge in [-0.1, -0.05) is 24.3 Å². The van der Waals surface area contributed by atoms with Crippen molar-refractivity contribution in [2.45, 2.75) is 13.5 Å². The van der Waals surface area contributed by atoms with E-state index in [0.717, 1.165) is 15.6 Å².